The molecule has 1 fully saturated rings. The van der Waals surface area contributed by atoms with Gasteiger partial charge in [0.05, 0.1) is 12.7 Å². The maximum atomic E-state index is 6.29. The number of anilines is 1. The minimum absolute atomic E-state index is 0.219. The third-order valence-corrected chi connectivity index (χ3v) is 5.50. The molecule has 2 heteroatoms. The van der Waals surface area contributed by atoms with E-state index < -0.39 is 0 Å². The molecule has 21 heavy (non-hydrogen) atoms. The molecule has 1 aliphatic heterocycles. The molecular weight excluding hydrogens is 258 g/mol. The Morgan fingerprint density at radius 3 is 2.38 bits per heavy atom. The summed E-state index contributed by atoms with van der Waals surface area (Å²) in [4.78, 5) is 2.14. The fourth-order valence-corrected chi connectivity index (χ4v) is 4.21. The normalized spacial score (nSPS) is 35.3. The van der Waals surface area contributed by atoms with Crippen molar-refractivity contribution in [1.29, 1.82) is 0 Å². The maximum Gasteiger partial charge on any atom is 0.0892 e. The van der Waals surface area contributed by atoms with Crippen molar-refractivity contribution in [2.75, 3.05) is 25.6 Å². The van der Waals surface area contributed by atoms with Gasteiger partial charge in [-0.1, -0.05) is 37.6 Å². The second-order valence-electron chi connectivity index (χ2n) is 7.06. The van der Waals surface area contributed by atoms with Crippen LogP contribution in [-0.4, -0.2) is 20.7 Å². The summed E-state index contributed by atoms with van der Waals surface area (Å²) in [6.07, 6.45) is 2.69. The average molecular weight is 285 g/mol. The highest BCUT2D eigenvalue weighted by Gasteiger charge is 2.43. The first-order valence-corrected chi connectivity index (χ1v) is 8.06. The van der Waals surface area contributed by atoms with E-state index in [-0.39, 0.29) is 6.10 Å². The molecule has 5 atom stereocenters. The molecule has 2 aliphatic rings. The predicted octanol–water partition coefficient (Wildman–Crippen LogP) is 4.29. The van der Waals surface area contributed by atoms with Crippen LogP contribution in [0, 0.1) is 23.7 Å². The van der Waals surface area contributed by atoms with Crippen LogP contribution in [0.25, 0.3) is 0 Å². The van der Waals surface area contributed by atoms with Crippen molar-refractivity contribution < 1.29 is 4.74 Å². The highest BCUT2D eigenvalue weighted by atomic mass is 16.5. The monoisotopic (exact) mass is 285 g/mol. The zero-order valence-electron chi connectivity index (χ0n) is 13.8. The van der Waals surface area contributed by atoms with Gasteiger partial charge in [-0.15, -0.1) is 0 Å². The van der Waals surface area contributed by atoms with Crippen LogP contribution >= 0.6 is 0 Å². The van der Waals surface area contributed by atoms with Crippen LogP contribution in [0.3, 0.4) is 0 Å². The summed E-state index contributed by atoms with van der Waals surface area (Å²) in [5.74, 6) is 2.56. The standard InChI is InChI=1S/C19H27NO/c1-12-10-13(2)18-14(3)17(12)11-21-19(18)15-6-8-16(9-7-15)20(4)5/h6-10,12,14,17-19H,11H2,1-5H3/t12-,14-,17+,18-,19+/m1/s1. The van der Waals surface area contributed by atoms with Gasteiger partial charge in [-0.05, 0) is 42.4 Å². The van der Waals surface area contributed by atoms with Gasteiger partial charge in [-0.3, -0.25) is 0 Å². The van der Waals surface area contributed by atoms with Crippen LogP contribution in [0.4, 0.5) is 5.69 Å². The van der Waals surface area contributed by atoms with Crippen LogP contribution in [0.5, 0.6) is 0 Å². The fraction of sp³-hybridized carbons (Fsp3) is 0.579. The Labute approximate surface area is 128 Å². The first-order chi connectivity index (χ1) is 9.99. The van der Waals surface area contributed by atoms with E-state index in [9.17, 15) is 0 Å². The molecule has 0 amide bonds. The van der Waals surface area contributed by atoms with Gasteiger partial charge in [0, 0.05) is 25.7 Å². The number of benzene rings is 1. The Bertz CT molecular complexity index is 531. The van der Waals surface area contributed by atoms with Gasteiger partial charge in [0.25, 0.3) is 0 Å². The van der Waals surface area contributed by atoms with Gasteiger partial charge in [0.2, 0.25) is 0 Å². The van der Waals surface area contributed by atoms with E-state index in [1.54, 1.807) is 0 Å². The van der Waals surface area contributed by atoms with Crippen molar-refractivity contribution in [3.63, 3.8) is 0 Å². The second-order valence-corrected chi connectivity index (χ2v) is 7.06. The SMILES string of the molecule is CC1=C[C@@H](C)[C@@H]2CO[C@@H](c3ccc(N(C)C)cc3)[C@H]1[C@@H]2C. The number of hydrogen-bond acceptors (Lipinski definition) is 2. The molecule has 0 radical (unpaired) electrons. The molecule has 0 N–H and O–H groups in total. The molecule has 0 saturated carbocycles. The number of hydrogen-bond donors (Lipinski definition) is 0. The van der Waals surface area contributed by atoms with Crippen LogP contribution in [0.1, 0.15) is 32.4 Å². The van der Waals surface area contributed by atoms with E-state index in [1.807, 2.05) is 0 Å². The van der Waals surface area contributed by atoms with E-state index in [4.69, 9.17) is 4.74 Å². The summed E-state index contributed by atoms with van der Waals surface area (Å²) in [6.45, 7) is 7.91. The molecule has 3 rings (SSSR count). The predicted molar refractivity (Wildman–Crippen MR) is 88.5 cm³/mol. The van der Waals surface area contributed by atoms with Crippen molar-refractivity contribution in [2.45, 2.75) is 26.9 Å². The molecule has 0 spiro atoms. The molecule has 1 aromatic carbocycles. The molecule has 0 unspecified atom stereocenters. The molecule has 1 heterocycles. The summed E-state index contributed by atoms with van der Waals surface area (Å²) >= 11 is 0. The third-order valence-electron chi connectivity index (χ3n) is 5.50. The van der Waals surface area contributed by atoms with Crippen LogP contribution in [0.15, 0.2) is 35.9 Å². The van der Waals surface area contributed by atoms with Crippen molar-refractivity contribution in [3.8, 4) is 0 Å². The second kappa shape index (κ2) is 5.49. The molecule has 1 aliphatic carbocycles. The minimum Gasteiger partial charge on any atom is -0.378 e. The van der Waals surface area contributed by atoms with Gasteiger partial charge in [0.1, 0.15) is 0 Å². The number of nitrogens with zero attached hydrogens (tertiary/aromatic N) is 1. The summed E-state index contributed by atoms with van der Waals surface area (Å²) in [7, 11) is 4.16. The highest BCUT2D eigenvalue weighted by molar-refractivity contribution is 5.46. The van der Waals surface area contributed by atoms with E-state index in [0.717, 1.165) is 6.61 Å². The average Bonchev–Trinajstić information content (AvgIpc) is 2.44. The highest BCUT2D eigenvalue weighted by Crippen LogP contribution is 2.49. The van der Waals surface area contributed by atoms with Gasteiger partial charge in [-0.25, -0.2) is 0 Å². The number of rotatable bonds is 2. The molecule has 1 saturated heterocycles. The lowest BCUT2D eigenvalue weighted by Gasteiger charge is -2.47. The van der Waals surface area contributed by atoms with Gasteiger partial charge < -0.3 is 9.64 Å². The number of allylic oxidation sites excluding steroid dienone is 1. The summed E-state index contributed by atoms with van der Waals surface area (Å²) in [5, 5.41) is 0. The van der Waals surface area contributed by atoms with Crippen LogP contribution in [-0.2, 0) is 4.74 Å². The Morgan fingerprint density at radius 1 is 1.10 bits per heavy atom. The van der Waals surface area contributed by atoms with Crippen molar-refractivity contribution in [1.82, 2.24) is 0 Å². The Kier molecular flexibility index (Phi) is 3.83. The van der Waals surface area contributed by atoms with E-state index in [2.05, 4.69) is 70.1 Å². The number of fused-ring (bicyclic) bond motifs is 2. The lowest BCUT2D eigenvalue weighted by atomic mass is 9.64. The quantitative estimate of drug-likeness (QED) is 0.752. The third kappa shape index (κ3) is 2.50. The Hall–Kier alpha value is -1.28. The Balaban J connectivity index is 1.90. The summed E-state index contributed by atoms with van der Waals surface area (Å²) < 4.78 is 6.29. The maximum absolute atomic E-state index is 6.29. The van der Waals surface area contributed by atoms with Crippen LogP contribution in [0.2, 0.25) is 0 Å². The molecule has 0 aromatic heterocycles. The van der Waals surface area contributed by atoms with Crippen molar-refractivity contribution in [2.24, 2.45) is 23.7 Å². The molecule has 1 aromatic rings. The smallest absolute Gasteiger partial charge is 0.0892 e. The minimum atomic E-state index is 0.219. The van der Waals surface area contributed by atoms with Gasteiger partial charge in [0.15, 0.2) is 0 Å². The van der Waals surface area contributed by atoms with Gasteiger partial charge >= 0.3 is 0 Å². The first kappa shape index (κ1) is 14.6. The van der Waals surface area contributed by atoms with E-state index >= 15 is 0 Å². The molecular formula is C19H27NO. The fourth-order valence-electron chi connectivity index (χ4n) is 4.21. The molecule has 2 nitrogen and oxygen atoms in total. The molecule has 114 valence electrons. The lowest BCUT2D eigenvalue weighted by molar-refractivity contribution is -0.0934. The molecule has 2 bridgehead atoms. The topological polar surface area (TPSA) is 12.5 Å². The number of ether oxygens (including phenoxy) is 1. The lowest BCUT2D eigenvalue weighted by Crippen LogP contribution is -2.42. The zero-order valence-corrected chi connectivity index (χ0v) is 13.8. The Morgan fingerprint density at radius 2 is 1.76 bits per heavy atom. The zero-order chi connectivity index (χ0) is 15.1. The van der Waals surface area contributed by atoms with Crippen LogP contribution < -0.4 is 4.90 Å². The van der Waals surface area contributed by atoms with Crippen molar-refractivity contribution in [3.05, 3.63) is 41.5 Å². The van der Waals surface area contributed by atoms with E-state index in [1.165, 1.54) is 16.8 Å². The van der Waals surface area contributed by atoms with Gasteiger partial charge in [-0.2, -0.15) is 0 Å². The summed E-state index contributed by atoms with van der Waals surface area (Å²) in [5.41, 5.74) is 4.07. The largest absolute Gasteiger partial charge is 0.378 e. The summed E-state index contributed by atoms with van der Waals surface area (Å²) in [6, 6.07) is 8.86. The van der Waals surface area contributed by atoms with Crippen molar-refractivity contribution >= 4 is 5.69 Å². The first-order valence-electron chi connectivity index (χ1n) is 8.06. The van der Waals surface area contributed by atoms with E-state index in [0.29, 0.717) is 23.7 Å².